The average Bonchev–Trinajstić information content (AvgIpc) is 3.29. The lowest BCUT2D eigenvalue weighted by molar-refractivity contribution is -0.152. The van der Waals surface area contributed by atoms with E-state index >= 15 is 0 Å². The van der Waals surface area contributed by atoms with E-state index in [4.69, 9.17) is 27.9 Å². The zero-order chi connectivity index (χ0) is 28.3. The molecule has 0 aliphatic heterocycles. The average molecular weight is 579 g/mol. The fourth-order valence-corrected chi connectivity index (χ4v) is 5.02. The first-order valence-electron chi connectivity index (χ1n) is 11.9. The number of carbonyl (C=O) groups excluding carboxylic acids is 2. The molecule has 38 heavy (non-hydrogen) atoms. The Balaban J connectivity index is 1.94. The second-order valence-electron chi connectivity index (χ2n) is 9.27. The number of carboxylic acids is 1. The summed E-state index contributed by atoms with van der Waals surface area (Å²) in [5, 5.41) is 13.2. The molecule has 1 fully saturated rings. The van der Waals surface area contributed by atoms with E-state index in [-0.39, 0.29) is 54.4 Å². The number of nitrogens with zero attached hydrogens (tertiary/aromatic N) is 4. The lowest BCUT2D eigenvalue weighted by Gasteiger charge is -2.34. The second kappa shape index (κ2) is 12.0. The number of Topliss-reactive ketones (excluding diaryl/α,β-unsaturated/α-hetero) is 1. The molecule has 1 aliphatic rings. The van der Waals surface area contributed by atoms with Crippen molar-refractivity contribution in [2.24, 2.45) is 5.41 Å². The molecule has 208 valence electrons. The van der Waals surface area contributed by atoms with Crippen LogP contribution in [0.3, 0.4) is 0 Å². The Labute approximate surface area is 226 Å². The van der Waals surface area contributed by atoms with Crippen LogP contribution in [0.2, 0.25) is 10.0 Å². The van der Waals surface area contributed by atoms with Crippen LogP contribution >= 0.6 is 23.2 Å². The molecule has 9 nitrogen and oxygen atoms in total. The van der Waals surface area contributed by atoms with Crippen LogP contribution in [-0.4, -0.2) is 68.7 Å². The van der Waals surface area contributed by atoms with E-state index in [2.05, 4.69) is 10.1 Å². The molecule has 2 heterocycles. The quantitative estimate of drug-likeness (QED) is 0.305. The number of hydrogen-bond acceptors (Lipinski definition) is 6. The van der Waals surface area contributed by atoms with Crippen molar-refractivity contribution in [2.75, 3.05) is 26.3 Å². The van der Waals surface area contributed by atoms with Crippen molar-refractivity contribution in [3.63, 3.8) is 0 Å². The first-order chi connectivity index (χ1) is 17.8. The number of carboxylic acid groups (broad SMARTS) is 1. The summed E-state index contributed by atoms with van der Waals surface area (Å²) in [4.78, 5) is 42.7. The summed E-state index contributed by atoms with van der Waals surface area (Å²) in [6, 6.07) is -0.742. The topological polar surface area (TPSA) is 115 Å². The molecule has 0 bridgehead atoms. The van der Waals surface area contributed by atoms with E-state index in [1.807, 2.05) is 0 Å². The number of carbonyl (C=O) groups is 3. The van der Waals surface area contributed by atoms with Crippen LogP contribution in [0.15, 0.2) is 18.6 Å². The highest BCUT2D eigenvalue weighted by molar-refractivity contribution is 6.39. The number of aromatic nitrogens is 3. The van der Waals surface area contributed by atoms with Crippen LogP contribution in [0.5, 0.6) is 0 Å². The van der Waals surface area contributed by atoms with Crippen LogP contribution in [0, 0.1) is 5.41 Å². The Kier molecular flexibility index (Phi) is 9.43. The summed E-state index contributed by atoms with van der Waals surface area (Å²) in [6.07, 6.45) is -1.11. The van der Waals surface area contributed by atoms with Crippen LogP contribution in [0.4, 0.5) is 13.2 Å². The van der Waals surface area contributed by atoms with E-state index in [0.717, 1.165) is 15.8 Å². The van der Waals surface area contributed by atoms with Crippen LogP contribution in [-0.2, 0) is 15.7 Å². The smallest absolute Gasteiger partial charge is 0.433 e. The SMILES string of the molecule is CCOCCN(CC(=O)c1c(Cl)cncc1Cl)C(=O)c1cnn([C@H]2CC[C@](C)(C(=O)O)CC2)c1C(F)(F)F. The van der Waals surface area contributed by atoms with Gasteiger partial charge in [-0.25, -0.2) is 0 Å². The maximum Gasteiger partial charge on any atom is 0.433 e. The first-order valence-corrected chi connectivity index (χ1v) is 12.6. The summed E-state index contributed by atoms with van der Waals surface area (Å²) in [6.45, 7) is 2.74. The van der Waals surface area contributed by atoms with E-state index in [0.29, 0.717) is 6.61 Å². The van der Waals surface area contributed by atoms with Crippen LogP contribution in [0.25, 0.3) is 0 Å². The molecule has 0 atom stereocenters. The van der Waals surface area contributed by atoms with Crippen molar-refractivity contribution < 1.29 is 37.4 Å². The molecule has 0 saturated heterocycles. The van der Waals surface area contributed by atoms with Crippen molar-refractivity contribution in [3.8, 4) is 0 Å². The molecule has 1 aliphatic carbocycles. The van der Waals surface area contributed by atoms with Gasteiger partial charge < -0.3 is 14.7 Å². The maximum atomic E-state index is 14.3. The zero-order valence-corrected chi connectivity index (χ0v) is 22.2. The summed E-state index contributed by atoms with van der Waals surface area (Å²) in [5.74, 6) is -2.76. The fourth-order valence-electron chi connectivity index (χ4n) is 4.45. The molecule has 0 radical (unpaired) electrons. The number of hydrogen-bond donors (Lipinski definition) is 1. The van der Waals surface area contributed by atoms with Crippen LogP contribution in [0.1, 0.15) is 72.0 Å². The number of rotatable bonds is 10. The Morgan fingerprint density at radius 3 is 2.32 bits per heavy atom. The van der Waals surface area contributed by atoms with Gasteiger partial charge in [-0.15, -0.1) is 0 Å². The van der Waals surface area contributed by atoms with Gasteiger partial charge in [0.2, 0.25) is 0 Å². The van der Waals surface area contributed by atoms with E-state index in [9.17, 15) is 32.7 Å². The number of aliphatic carboxylic acids is 1. The highest BCUT2D eigenvalue weighted by atomic mass is 35.5. The first kappa shape index (κ1) is 29.9. The number of ether oxygens (including phenoxy) is 1. The molecule has 2 aromatic rings. The molecule has 0 spiro atoms. The number of ketones is 1. The Hall–Kier alpha value is -2.70. The molecule has 1 N–H and O–H groups in total. The predicted octanol–water partition coefficient (Wildman–Crippen LogP) is 5.17. The number of halogens is 5. The monoisotopic (exact) mass is 578 g/mol. The van der Waals surface area contributed by atoms with Gasteiger partial charge in [0.05, 0.1) is 52.0 Å². The highest BCUT2D eigenvalue weighted by Crippen LogP contribution is 2.43. The third kappa shape index (κ3) is 6.47. The molecule has 0 unspecified atom stereocenters. The minimum absolute atomic E-state index is 0.0286. The summed E-state index contributed by atoms with van der Waals surface area (Å²) in [5.41, 5.74) is -3.11. The molecular formula is C24H27Cl2F3N4O5. The minimum Gasteiger partial charge on any atom is -0.481 e. The van der Waals surface area contributed by atoms with Crippen molar-refractivity contribution in [1.82, 2.24) is 19.7 Å². The molecular weight excluding hydrogens is 552 g/mol. The Bertz CT molecular complexity index is 1180. The minimum atomic E-state index is -4.94. The Morgan fingerprint density at radius 2 is 1.79 bits per heavy atom. The van der Waals surface area contributed by atoms with Gasteiger partial charge in [0.25, 0.3) is 5.91 Å². The lowest BCUT2D eigenvalue weighted by atomic mass is 9.74. The zero-order valence-electron chi connectivity index (χ0n) is 20.7. The molecule has 3 rings (SSSR count). The van der Waals surface area contributed by atoms with E-state index in [1.54, 1.807) is 13.8 Å². The van der Waals surface area contributed by atoms with Gasteiger partial charge in [0.15, 0.2) is 11.5 Å². The fraction of sp³-hybridized carbons (Fsp3) is 0.542. The second-order valence-corrected chi connectivity index (χ2v) is 10.1. The number of pyridine rings is 1. The molecule has 0 aromatic carbocycles. The lowest BCUT2D eigenvalue weighted by Crippen LogP contribution is -2.39. The van der Waals surface area contributed by atoms with Crippen molar-refractivity contribution in [3.05, 3.63) is 45.5 Å². The van der Waals surface area contributed by atoms with Gasteiger partial charge in [-0.05, 0) is 39.5 Å². The maximum absolute atomic E-state index is 14.3. The molecule has 2 aromatic heterocycles. The van der Waals surface area contributed by atoms with Crippen LogP contribution < -0.4 is 0 Å². The molecule has 14 heteroatoms. The van der Waals surface area contributed by atoms with Gasteiger partial charge in [-0.1, -0.05) is 23.2 Å². The summed E-state index contributed by atoms with van der Waals surface area (Å²) < 4.78 is 48.9. The van der Waals surface area contributed by atoms with Gasteiger partial charge >= 0.3 is 12.1 Å². The molecule has 1 saturated carbocycles. The number of amides is 1. The van der Waals surface area contributed by atoms with Gasteiger partial charge in [0, 0.05) is 25.5 Å². The Morgan fingerprint density at radius 1 is 1.18 bits per heavy atom. The standard InChI is InChI=1S/C24H27Cl2F3N4O5/c1-3-38-9-8-32(13-18(34)19-16(25)11-30-12-17(19)26)21(35)15-10-31-33(20(15)24(27,28)29)14-4-6-23(2,7-5-14)22(36)37/h10-12,14H,3-9,13H2,1-2H3,(H,36,37)/t14-,23-. The van der Waals surface area contributed by atoms with Gasteiger partial charge in [0.1, 0.15) is 0 Å². The third-order valence-electron chi connectivity index (χ3n) is 6.68. The van der Waals surface area contributed by atoms with E-state index in [1.165, 1.54) is 12.4 Å². The van der Waals surface area contributed by atoms with E-state index < -0.39 is 53.1 Å². The summed E-state index contributed by atoms with van der Waals surface area (Å²) in [7, 11) is 0. The third-order valence-corrected chi connectivity index (χ3v) is 7.25. The van der Waals surface area contributed by atoms with Crippen molar-refractivity contribution in [2.45, 2.75) is 51.7 Å². The summed E-state index contributed by atoms with van der Waals surface area (Å²) >= 11 is 12.1. The van der Waals surface area contributed by atoms with Crippen molar-refractivity contribution >= 4 is 40.9 Å². The van der Waals surface area contributed by atoms with Gasteiger partial charge in [-0.2, -0.15) is 18.3 Å². The largest absolute Gasteiger partial charge is 0.481 e. The van der Waals surface area contributed by atoms with Gasteiger partial charge in [-0.3, -0.25) is 24.0 Å². The predicted molar refractivity (Wildman–Crippen MR) is 131 cm³/mol. The highest BCUT2D eigenvalue weighted by Gasteiger charge is 2.45. The normalized spacial score (nSPS) is 19.8. The molecule has 1 amide bonds. The number of alkyl halides is 3. The van der Waals surface area contributed by atoms with Crippen molar-refractivity contribution in [1.29, 1.82) is 0 Å².